The number of carbonyl (C=O) groups is 1. The maximum Gasteiger partial charge on any atom is 0.243 e. The third-order valence-corrected chi connectivity index (χ3v) is 4.23. The summed E-state index contributed by atoms with van der Waals surface area (Å²) < 4.78 is 5.31. The average Bonchev–Trinajstić information content (AvgIpc) is 2.87. The molecule has 1 atom stereocenters. The standard InChI is InChI=1S/C14H23N3O2S/c1-10(17-5-7-19-8-6-17)12(18)16-13-15-11(9-20-13)14(2,3)4/h9-10H,5-8H2,1-4H3,(H,15,16,18). The lowest BCUT2D eigenvalue weighted by atomic mass is 9.93. The molecule has 1 aliphatic rings. The molecular formula is C14H23N3O2S. The molecule has 2 rings (SSSR count). The normalized spacial score (nSPS) is 18.8. The van der Waals surface area contributed by atoms with Gasteiger partial charge < -0.3 is 10.1 Å². The van der Waals surface area contributed by atoms with Gasteiger partial charge in [-0.3, -0.25) is 9.69 Å². The Balaban J connectivity index is 1.95. The molecule has 0 radical (unpaired) electrons. The number of aromatic nitrogens is 1. The summed E-state index contributed by atoms with van der Waals surface area (Å²) in [6.07, 6.45) is 0. The molecule has 1 aliphatic heterocycles. The van der Waals surface area contributed by atoms with Gasteiger partial charge in [-0.15, -0.1) is 11.3 Å². The second kappa shape index (κ2) is 6.20. The molecule has 6 heteroatoms. The number of carbonyl (C=O) groups excluding carboxylic acids is 1. The second-order valence-electron chi connectivity index (χ2n) is 6.10. The molecule has 1 amide bonds. The summed E-state index contributed by atoms with van der Waals surface area (Å²) in [5.74, 6) is 0.00158. The largest absolute Gasteiger partial charge is 0.379 e. The van der Waals surface area contributed by atoms with Gasteiger partial charge in [-0.25, -0.2) is 4.98 Å². The van der Waals surface area contributed by atoms with Crippen LogP contribution in [0.25, 0.3) is 0 Å². The first-order valence-electron chi connectivity index (χ1n) is 6.96. The summed E-state index contributed by atoms with van der Waals surface area (Å²) in [4.78, 5) is 18.9. The Kier molecular flexibility index (Phi) is 4.78. The number of anilines is 1. The molecule has 1 unspecified atom stereocenters. The summed E-state index contributed by atoms with van der Waals surface area (Å²) in [6, 6.07) is -0.152. The van der Waals surface area contributed by atoms with Crippen LogP contribution in [0.4, 0.5) is 5.13 Å². The van der Waals surface area contributed by atoms with E-state index in [1.807, 2.05) is 12.3 Å². The van der Waals surface area contributed by atoms with Crippen LogP contribution in [0.1, 0.15) is 33.4 Å². The van der Waals surface area contributed by atoms with E-state index in [1.54, 1.807) is 0 Å². The number of morpholine rings is 1. The predicted molar refractivity (Wildman–Crippen MR) is 81.3 cm³/mol. The van der Waals surface area contributed by atoms with E-state index >= 15 is 0 Å². The van der Waals surface area contributed by atoms with E-state index in [-0.39, 0.29) is 17.4 Å². The first-order chi connectivity index (χ1) is 9.38. The highest BCUT2D eigenvalue weighted by Crippen LogP contribution is 2.26. The maximum atomic E-state index is 12.2. The van der Waals surface area contributed by atoms with Crippen LogP contribution < -0.4 is 5.32 Å². The molecule has 5 nitrogen and oxygen atoms in total. The van der Waals surface area contributed by atoms with Crippen LogP contribution in [0.3, 0.4) is 0 Å². The minimum Gasteiger partial charge on any atom is -0.379 e. The Morgan fingerprint density at radius 1 is 1.45 bits per heavy atom. The van der Waals surface area contributed by atoms with Gasteiger partial charge >= 0.3 is 0 Å². The van der Waals surface area contributed by atoms with Crippen LogP contribution in [0.5, 0.6) is 0 Å². The number of nitrogens with one attached hydrogen (secondary N) is 1. The lowest BCUT2D eigenvalue weighted by Gasteiger charge is -2.31. The van der Waals surface area contributed by atoms with Crippen LogP contribution >= 0.6 is 11.3 Å². The summed E-state index contributed by atoms with van der Waals surface area (Å²) in [6.45, 7) is 11.3. The van der Waals surface area contributed by atoms with Crippen LogP contribution in [-0.4, -0.2) is 48.1 Å². The molecule has 1 fully saturated rings. The zero-order chi connectivity index (χ0) is 14.8. The van der Waals surface area contributed by atoms with Gasteiger partial charge in [-0.1, -0.05) is 20.8 Å². The molecular weight excluding hydrogens is 274 g/mol. The van der Waals surface area contributed by atoms with Crippen molar-refractivity contribution >= 4 is 22.4 Å². The van der Waals surface area contributed by atoms with Crippen molar-refractivity contribution in [1.82, 2.24) is 9.88 Å². The van der Waals surface area contributed by atoms with Gasteiger partial charge in [0.05, 0.1) is 24.9 Å². The molecule has 0 spiro atoms. The fourth-order valence-electron chi connectivity index (χ4n) is 2.02. The van der Waals surface area contributed by atoms with Crippen LogP contribution in [0.15, 0.2) is 5.38 Å². The topological polar surface area (TPSA) is 54.5 Å². The van der Waals surface area contributed by atoms with Crippen molar-refractivity contribution in [3.05, 3.63) is 11.1 Å². The monoisotopic (exact) mass is 297 g/mol. The Labute approximate surface area is 124 Å². The molecule has 20 heavy (non-hydrogen) atoms. The first-order valence-corrected chi connectivity index (χ1v) is 7.84. The lowest BCUT2D eigenvalue weighted by Crippen LogP contribution is -2.47. The molecule has 1 aromatic heterocycles. The third-order valence-electron chi connectivity index (χ3n) is 3.48. The molecule has 0 bridgehead atoms. The van der Waals surface area contributed by atoms with E-state index in [4.69, 9.17) is 4.74 Å². The summed E-state index contributed by atoms with van der Waals surface area (Å²) in [7, 11) is 0. The minimum atomic E-state index is -0.152. The van der Waals surface area contributed by atoms with Gasteiger partial charge in [-0.2, -0.15) is 0 Å². The minimum absolute atomic E-state index is 0.00158. The number of amides is 1. The molecule has 0 aliphatic carbocycles. The highest BCUT2D eigenvalue weighted by Gasteiger charge is 2.24. The van der Waals surface area contributed by atoms with Gasteiger partial charge in [0, 0.05) is 23.9 Å². The van der Waals surface area contributed by atoms with Gasteiger partial charge in [0.25, 0.3) is 0 Å². The number of hydrogen-bond donors (Lipinski definition) is 1. The van der Waals surface area contributed by atoms with Gasteiger partial charge in [0.15, 0.2) is 5.13 Å². The van der Waals surface area contributed by atoms with Crippen LogP contribution in [0, 0.1) is 0 Å². The number of ether oxygens (including phenoxy) is 1. The smallest absolute Gasteiger partial charge is 0.243 e. The Morgan fingerprint density at radius 3 is 2.65 bits per heavy atom. The van der Waals surface area contributed by atoms with E-state index in [0.717, 1.165) is 18.8 Å². The molecule has 112 valence electrons. The Morgan fingerprint density at radius 2 is 2.10 bits per heavy atom. The van der Waals surface area contributed by atoms with Crippen molar-refractivity contribution in [2.24, 2.45) is 0 Å². The van der Waals surface area contributed by atoms with Crippen molar-refractivity contribution in [2.75, 3.05) is 31.6 Å². The zero-order valence-corrected chi connectivity index (χ0v) is 13.4. The van der Waals surface area contributed by atoms with E-state index in [2.05, 4.69) is 36.0 Å². The van der Waals surface area contributed by atoms with Crippen molar-refractivity contribution in [2.45, 2.75) is 39.2 Å². The first kappa shape index (κ1) is 15.4. The molecule has 1 saturated heterocycles. The lowest BCUT2D eigenvalue weighted by molar-refractivity contribution is -0.122. The molecule has 2 heterocycles. The van der Waals surface area contributed by atoms with Gasteiger partial charge in [0.1, 0.15) is 0 Å². The quantitative estimate of drug-likeness (QED) is 0.928. The second-order valence-corrected chi connectivity index (χ2v) is 6.96. The average molecular weight is 297 g/mol. The van der Waals surface area contributed by atoms with Crippen molar-refractivity contribution in [1.29, 1.82) is 0 Å². The highest BCUT2D eigenvalue weighted by atomic mass is 32.1. The SMILES string of the molecule is CC(C(=O)Nc1nc(C(C)(C)C)cs1)N1CCOCC1. The third kappa shape index (κ3) is 3.77. The number of thiazole rings is 1. The van der Waals surface area contributed by atoms with Gasteiger partial charge in [0.2, 0.25) is 5.91 Å². The number of hydrogen-bond acceptors (Lipinski definition) is 5. The van der Waals surface area contributed by atoms with E-state index < -0.39 is 0 Å². The van der Waals surface area contributed by atoms with Crippen molar-refractivity contribution in [3.63, 3.8) is 0 Å². The van der Waals surface area contributed by atoms with E-state index in [1.165, 1.54) is 11.3 Å². The van der Waals surface area contributed by atoms with Crippen LogP contribution in [0.2, 0.25) is 0 Å². The van der Waals surface area contributed by atoms with E-state index in [9.17, 15) is 4.79 Å². The Bertz CT molecular complexity index is 461. The van der Waals surface area contributed by atoms with Crippen molar-refractivity contribution in [3.8, 4) is 0 Å². The number of nitrogens with zero attached hydrogens (tertiary/aromatic N) is 2. The Hall–Kier alpha value is -0.980. The molecule has 1 N–H and O–H groups in total. The summed E-state index contributed by atoms with van der Waals surface area (Å²) >= 11 is 1.48. The van der Waals surface area contributed by atoms with Crippen molar-refractivity contribution < 1.29 is 9.53 Å². The fraction of sp³-hybridized carbons (Fsp3) is 0.714. The van der Waals surface area contributed by atoms with Crippen LogP contribution in [-0.2, 0) is 14.9 Å². The van der Waals surface area contributed by atoms with Gasteiger partial charge in [-0.05, 0) is 6.92 Å². The summed E-state index contributed by atoms with van der Waals surface area (Å²) in [5.41, 5.74) is 1.02. The highest BCUT2D eigenvalue weighted by molar-refractivity contribution is 7.13. The van der Waals surface area contributed by atoms with E-state index in [0.29, 0.717) is 18.3 Å². The maximum absolute atomic E-state index is 12.2. The molecule has 1 aromatic rings. The predicted octanol–water partition coefficient (Wildman–Crippen LogP) is 2.10. The zero-order valence-electron chi connectivity index (χ0n) is 12.6. The molecule has 0 aromatic carbocycles. The fourth-order valence-corrected chi connectivity index (χ4v) is 2.96. The number of rotatable bonds is 3. The molecule has 0 saturated carbocycles. The summed E-state index contributed by atoms with van der Waals surface area (Å²) in [5, 5.41) is 5.61.